The average molecular weight is 343 g/mol. The van der Waals surface area contributed by atoms with Crippen molar-refractivity contribution in [1.82, 2.24) is 14.7 Å². The van der Waals surface area contributed by atoms with Crippen molar-refractivity contribution in [1.29, 1.82) is 0 Å². The summed E-state index contributed by atoms with van der Waals surface area (Å²) in [7, 11) is 0. The highest BCUT2D eigenvalue weighted by molar-refractivity contribution is 5.81. The topological polar surface area (TPSA) is 77.6 Å². The number of rotatable bonds is 3. The van der Waals surface area contributed by atoms with Crippen LogP contribution in [0.15, 0.2) is 39.7 Å². The summed E-state index contributed by atoms with van der Waals surface area (Å²) in [6.45, 7) is 1.93. The van der Waals surface area contributed by atoms with Gasteiger partial charge in [0.25, 0.3) is 11.5 Å². The number of aromatic nitrogens is 2. The Balaban J connectivity index is 1.46. The van der Waals surface area contributed by atoms with Gasteiger partial charge >= 0.3 is 0 Å². The smallest absolute Gasteiger partial charge is 0.267 e. The van der Waals surface area contributed by atoms with Gasteiger partial charge in [-0.1, -0.05) is 0 Å². The lowest BCUT2D eigenvalue weighted by Crippen LogP contribution is -2.45. The van der Waals surface area contributed by atoms with Gasteiger partial charge in [0, 0.05) is 25.8 Å². The van der Waals surface area contributed by atoms with Crippen molar-refractivity contribution in [2.75, 3.05) is 19.7 Å². The van der Waals surface area contributed by atoms with Gasteiger partial charge in [0.1, 0.15) is 11.8 Å². The van der Waals surface area contributed by atoms with E-state index in [0.29, 0.717) is 44.0 Å². The summed E-state index contributed by atoms with van der Waals surface area (Å²) in [4.78, 5) is 26.5. The molecule has 2 aliphatic heterocycles. The second-order valence-electron chi connectivity index (χ2n) is 6.54. The van der Waals surface area contributed by atoms with Crippen LogP contribution in [-0.4, -0.2) is 46.4 Å². The maximum Gasteiger partial charge on any atom is 0.267 e. The molecule has 0 aromatic carbocycles. The zero-order valence-corrected chi connectivity index (χ0v) is 14.0. The molecule has 7 heteroatoms. The molecule has 0 spiro atoms. The third kappa shape index (κ3) is 3.24. The molecule has 7 nitrogen and oxygen atoms in total. The van der Waals surface area contributed by atoms with Crippen LogP contribution in [0.1, 0.15) is 31.7 Å². The van der Waals surface area contributed by atoms with Crippen molar-refractivity contribution in [2.24, 2.45) is 0 Å². The standard InChI is InChI=1S/C18H21N3O4/c22-17-6-5-14(15-3-1-11-24-15)19-21(17)13-7-9-20(10-8-13)18(23)16-4-2-12-25-16/h1,3,5-6,11,13,16H,2,4,7-10,12H2. The third-order valence-electron chi connectivity index (χ3n) is 4.93. The van der Waals surface area contributed by atoms with Gasteiger partial charge in [-0.25, -0.2) is 4.68 Å². The van der Waals surface area contributed by atoms with Gasteiger partial charge in [-0.3, -0.25) is 9.59 Å². The first-order valence-electron chi connectivity index (χ1n) is 8.76. The summed E-state index contributed by atoms with van der Waals surface area (Å²) in [5.41, 5.74) is 0.515. The lowest BCUT2D eigenvalue weighted by atomic mass is 10.0. The number of carbonyl (C=O) groups excluding carboxylic acids is 1. The molecule has 0 saturated carbocycles. The normalized spacial score (nSPS) is 21.6. The van der Waals surface area contributed by atoms with Crippen molar-refractivity contribution < 1.29 is 13.9 Å². The predicted molar refractivity (Wildman–Crippen MR) is 90.0 cm³/mol. The molecule has 2 saturated heterocycles. The highest BCUT2D eigenvalue weighted by Crippen LogP contribution is 2.24. The van der Waals surface area contributed by atoms with E-state index in [4.69, 9.17) is 9.15 Å². The summed E-state index contributed by atoms with van der Waals surface area (Å²) < 4.78 is 12.4. The van der Waals surface area contributed by atoms with Gasteiger partial charge in [-0.05, 0) is 43.9 Å². The van der Waals surface area contributed by atoms with Gasteiger partial charge < -0.3 is 14.1 Å². The Labute approximate surface area is 145 Å². The minimum absolute atomic E-state index is 0.00374. The number of amides is 1. The number of carbonyl (C=O) groups is 1. The minimum Gasteiger partial charge on any atom is -0.463 e. The minimum atomic E-state index is -0.278. The number of ether oxygens (including phenoxy) is 1. The van der Waals surface area contributed by atoms with Gasteiger partial charge in [-0.15, -0.1) is 0 Å². The molecule has 132 valence electrons. The van der Waals surface area contributed by atoms with Gasteiger partial charge in [0.05, 0.1) is 12.3 Å². The number of nitrogens with zero attached hydrogens (tertiary/aromatic N) is 3. The van der Waals surface area contributed by atoms with E-state index in [1.165, 1.54) is 10.7 Å². The Hall–Kier alpha value is -2.41. The first-order valence-corrected chi connectivity index (χ1v) is 8.76. The molecule has 1 amide bonds. The average Bonchev–Trinajstić information content (AvgIpc) is 3.35. The van der Waals surface area contributed by atoms with E-state index in [-0.39, 0.29) is 23.6 Å². The summed E-state index contributed by atoms with van der Waals surface area (Å²) >= 11 is 0. The number of hydrogen-bond acceptors (Lipinski definition) is 5. The molecule has 2 aromatic rings. The van der Waals surface area contributed by atoms with Crippen molar-refractivity contribution in [2.45, 2.75) is 37.8 Å². The molecule has 2 aliphatic rings. The quantitative estimate of drug-likeness (QED) is 0.850. The van der Waals surface area contributed by atoms with Gasteiger partial charge in [0.15, 0.2) is 5.76 Å². The van der Waals surface area contributed by atoms with E-state index in [9.17, 15) is 9.59 Å². The van der Waals surface area contributed by atoms with Crippen LogP contribution in [0.4, 0.5) is 0 Å². The lowest BCUT2D eigenvalue weighted by Gasteiger charge is -2.33. The van der Waals surface area contributed by atoms with Crippen LogP contribution < -0.4 is 5.56 Å². The van der Waals surface area contributed by atoms with E-state index in [2.05, 4.69) is 5.10 Å². The third-order valence-corrected chi connectivity index (χ3v) is 4.93. The Morgan fingerprint density at radius 2 is 2.00 bits per heavy atom. The van der Waals surface area contributed by atoms with Gasteiger partial charge in [0.2, 0.25) is 0 Å². The van der Waals surface area contributed by atoms with Crippen molar-refractivity contribution in [3.63, 3.8) is 0 Å². The van der Waals surface area contributed by atoms with E-state index in [0.717, 1.165) is 12.8 Å². The van der Waals surface area contributed by atoms with Crippen molar-refractivity contribution in [3.05, 3.63) is 40.9 Å². The van der Waals surface area contributed by atoms with Crippen LogP contribution in [0.5, 0.6) is 0 Å². The molecule has 0 bridgehead atoms. The molecule has 0 aliphatic carbocycles. The fourth-order valence-corrected chi connectivity index (χ4v) is 3.55. The number of piperidine rings is 1. The maximum absolute atomic E-state index is 12.4. The second-order valence-corrected chi connectivity index (χ2v) is 6.54. The Morgan fingerprint density at radius 3 is 2.68 bits per heavy atom. The van der Waals surface area contributed by atoms with E-state index in [1.807, 2.05) is 11.0 Å². The van der Waals surface area contributed by atoms with E-state index < -0.39 is 0 Å². The highest BCUT2D eigenvalue weighted by atomic mass is 16.5. The van der Waals surface area contributed by atoms with Crippen LogP contribution in [-0.2, 0) is 9.53 Å². The van der Waals surface area contributed by atoms with Crippen LogP contribution in [0.2, 0.25) is 0 Å². The zero-order valence-electron chi connectivity index (χ0n) is 14.0. The van der Waals surface area contributed by atoms with Crippen LogP contribution in [0.25, 0.3) is 11.5 Å². The molecule has 2 aromatic heterocycles. The first kappa shape index (κ1) is 16.1. The van der Waals surface area contributed by atoms with E-state index in [1.54, 1.807) is 18.4 Å². The lowest BCUT2D eigenvalue weighted by molar-refractivity contribution is -0.142. The van der Waals surface area contributed by atoms with Gasteiger partial charge in [-0.2, -0.15) is 5.10 Å². The molecule has 1 atom stereocenters. The molecule has 25 heavy (non-hydrogen) atoms. The first-order chi connectivity index (χ1) is 12.2. The molecule has 4 heterocycles. The van der Waals surface area contributed by atoms with Crippen LogP contribution in [0.3, 0.4) is 0 Å². The fraction of sp³-hybridized carbons (Fsp3) is 0.500. The predicted octanol–water partition coefficient (Wildman–Crippen LogP) is 1.85. The monoisotopic (exact) mass is 343 g/mol. The number of hydrogen-bond donors (Lipinski definition) is 0. The number of furan rings is 1. The fourth-order valence-electron chi connectivity index (χ4n) is 3.55. The molecule has 1 unspecified atom stereocenters. The summed E-state index contributed by atoms with van der Waals surface area (Å²) in [5.74, 6) is 0.723. The van der Waals surface area contributed by atoms with Crippen LogP contribution >= 0.6 is 0 Å². The van der Waals surface area contributed by atoms with Crippen molar-refractivity contribution >= 4 is 5.91 Å². The summed E-state index contributed by atoms with van der Waals surface area (Å²) in [6, 6.07) is 6.81. The molecular formula is C18H21N3O4. The molecule has 2 fully saturated rings. The molecule has 0 radical (unpaired) electrons. The molecular weight excluding hydrogens is 322 g/mol. The zero-order chi connectivity index (χ0) is 17.2. The van der Waals surface area contributed by atoms with E-state index >= 15 is 0 Å². The largest absolute Gasteiger partial charge is 0.463 e. The maximum atomic E-state index is 12.4. The highest BCUT2D eigenvalue weighted by Gasteiger charge is 2.31. The Morgan fingerprint density at radius 1 is 1.16 bits per heavy atom. The summed E-state index contributed by atoms with van der Waals surface area (Å²) in [6.07, 6.45) is 4.50. The van der Waals surface area contributed by atoms with Crippen LogP contribution in [0, 0.1) is 0 Å². The molecule has 0 N–H and O–H groups in total. The SMILES string of the molecule is O=C(C1CCCO1)N1CCC(n2nc(-c3ccco3)ccc2=O)CC1. The van der Waals surface area contributed by atoms with Crippen molar-refractivity contribution in [3.8, 4) is 11.5 Å². The molecule has 4 rings (SSSR count). The second kappa shape index (κ2) is 6.84. The Kier molecular flexibility index (Phi) is 4.40. The Bertz CT molecular complexity index is 785. The summed E-state index contributed by atoms with van der Waals surface area (Å²) in [5, 5.41) is 4.47. The number of likely N-dealkylation sites (tertiary alicyclic amines) is 1.